The van der Waals surface area contributed by atoms with Crippen LogP contribution in [0, 0.1) is 0 Å². The third-order valence-electron chi connectivity index (χ3n) is 3.33. The SMILES string of the molecule is O=C(/C=C\c1ccccc1)N1CCNc2ccccc21. The maximum absolute atomic E-state index is 12.3. The van der Waals surface area contributed by atoms with E-state index in [-0.39, 0.29) is 5.91 Å². The van der Waals surface area contributed by atoms with Crippen LogP contribution in [0.1, 0.15) is 5.56 Å². The van der Waals surface area contributed by atoms with Gasteiger partial charge >= 0.3 is 0 Å². The Kier molecular flexibility index (Phi) is 3.50. The molecule has 0 bridgehead atoms. The number of hydrogen-bond donors (Lipinski definition) is 1. The monoisotopic (exact) mass is 264 g/mol. The number of hydrogen-bond acceptors (Lipinski definition) is 2. The van der Waals surface area contributed by atoms with Crippen molar-refractivity contribution in [3.05, 3.63) is 66.2 Å². The van der Waals surface area contributed by atoms with E-state index in [1.54, 1.807) is 6.08 Å². The topological polar surface area (TPSA) is 32.3 Å². The molecule has 0 unspecified atom stereocenters. The van der Waals surface area contributed by atoms with Crippen LogP contribution < -0.4 is 10.2 Å². The van der Waals surface area contributed by atoms with E-state index >= 15 is 0 Å². The molecule has 0 atom stereocenters. The summed E-state index contributed by atoms with van der Waals surface area (Å²) in [5.74, 6) is 0.0165. The summed E-state index contributed by atoms with van der Waals surface area (Å²) < 4.78 is 0. The Morgan fingerprint density at radius 3 is 2.65 bits per heavy atom. The number of carbonyl (C=O) groups is 1. The van der Waals surface area contributed by atoms with Crippen LogP contribution in [0.25, 0.3) is 6.08 Å². The lowest BCUT2D eigenvalue weighted by atomic mass is 10.1. The van der Waals surface area contributed by atoms with Crippen molar-refractivity contribution in [2.24, 2.45) is 0 Å². The zero-order chi connectivity index (χ0) is 13.8. The van der Waals surface area contributed by atoms with Gasteiger partial charge in [0.25, 0.3) is 5.91 Å². The Bertz CT molecular complexity index is 634. The Labute approximate surface area is 118 Å². The fourth-order valence-electron chi connectivity index (χ4n) is 2.33. The highest BCUT2D eigenvalue weighted by molar-refractivity contribution is 6.06. The summed E-state index contributed by atoms with van der Waals surface area (Å²) in [5.41, 5.74) is 2.99. The molecule has 1 aliphatic rings. The number of benzene rings is 2. The van der Waals surface area contributed by atoms with E-state index < -0.39 is 0 Å². The van der Waals surface area contributed by atoms with E-state index in [9.17, 15) is 4.79 Å². The van der Waals surface area contributed by atoms with E-state index in [4.69, 9.17) is 0 Å². The maximum Gasteiger partial charge on any atom is 0.251 e. The first-order valence-electron chi connectivity index (χ1n) is 6.72. The summed E-state index contributed by atoms with van der Waals surface area (Å²) in [5, 5.41) is 3.30. The first kappa shape index (κ1) is 12.5. The van der Waals surface area contributed by atoms with Gasteiger partial charge < -0.3 is 10.2 Å². The van der Waals surface area contributed by atoms with Gasteiger partial charge in [-0.3, -0.25) is 4.79 Å². The molecule has 2 aromatic rings. The number of nitrogens with one attached hydrogen (secondary N) is 1. The number of amides is 1. The molecule has 0 saturated heterocycles. The molecule has 3 nitrogen and oxygen atoms in total. The molecule has 0 saturated carbocycles. The van der Waals surface area contributed by atoms with Gasteiger partial charge in [0.05, 0.1) is 11.4 Å². The average molecular weight is 264 g/mol. The van der Waals surface area contributed by atoms with E-state index in [0.29, 0.717) is 6.54 Å². The third-order valence-corrected chi connectivity index (χ3v) is 3.33. The molecule has 1 aliphatic heterocycles. The molecule has 0 radical (unpaired) electrons. The first-order valence-corrected chi connectivity index (χ1v) is 6.72. The van der Waals surface area contributed by atoms with Crippen LogP contribution in [0.2, 0.25) is 0 Å². The molecule has 0 spiro atoms. The fraction of sp³-hybridized carbons (Fsp3) is 0.118. The van der Waals surface area contributed by atoms with Crippen molar-refractivity contribution in [3.63, 3.8) is 0 Å². The first-order chi connectivity index (χ1) is 9.84. The molecular formula is C17H16N2O. The number of rotatable bonds is 2. The molecule has 0 fully saturated rings. The highest BCUT2D eigenvalue weighted by Gasteiger charge is 2.19. The number of fused-ring (bicyclic) bond motifs is 1. The minimum Gasteiger partial charge on any atom is -0.382 e. The van der Waals surface area contributed by atoms with E-state index in [0.717, 1.165) is 23.5 Å². The second-order valence-corrected chi connectivity index (χ2v) is 4.68. The highest BCUT2D eigenvalue weighted by atomic mass is 16.2. The van der Waals surface area contributed by atoms with E-state index in [1.165, 1.54) is 0 Å². The summed E-state index contributed by atoms with van der Waals surface area (Å²) in [4.78, 5) is 14.2. The lowest BCUT2D eigenvalue weighted by Gasteiger charge is -2.29. The number of carbonyl (C=O) groups excluding carboxylic acids is 1. The van der Waals surface area contributed by atoms with Crippen molar-refractivity contribution in [3.8, 4) is 0 Å². The molecule has 100 valence electrons. The molecule has 1 N–H and O–H groups in total. The van der Waals surface area contributed by atoms with Crippen LogP contribution in [0.5, 0.6) is 0 Å². The van der Waals surface area contributed by atoms with Crippen LogP contribution in [0.3, 0.4) is 0 Å². The number of nitrogens with zero attached hydrogens (tertiary/aromatic N) is 1. The Morgan fingerprint density at radius 1 is 1.05 bits per heavy atom. The molecule has 1 heterocycles. The molecule has 0 aliphatic carbocycles. The van der Waals surface area contributed by atoms with Crippen molar-refractivity contribution in [1.82, 2.24) is 0 Å². The average Bonchev–Trinajstić information content (AvgIpc) is 2.53. The van der Waals surface area contributed by atoms with Gasteiger partial charge in [-0.1, -0.05) is 42.5 Å². The van der Waals surface area contributed by atoms with Crippen molar-refractivity contribution < 1.29 is 4.79 Å². The van der Waals surface area contributed by atoms with Crippen LogP contribution in [0.4, 0.5) is 11.4 Å². The van der Waals surface area contributed by atoms with Gasteiger partial charge in [0.2, 0.25) is 0 Å². The summed E-state index contributed by atoms with van der Waals surface area (Å²) in [6.07, 6.45) is 3.49. The van der Waals surface area contributed by atoms with Crippen LogP contribution in [-0.2, 0) is 4.79 Å². The molecule has 3 heteroatoms. The summed E-state index contributed by atoms with van der Waals surface area (Å²) >= 11 is 0. The lowest BCUT2D eigenvalue weighted by Crippen LogP contribution is -2.37. The van der Waals surface area contributed by atoms with Gasteiger partial charge in [-0.2, -0.15) is 0 Å². The van der Waals surface area contributed by atoms with E-state index in [2.05, 4.69) is 5.32 Å². The Morgan fingerprint density at radius 2 is 1.80 bits per heavy atom. The van der Waals surface area contributed by atoms with Crippen molar-refractivity contribution in [1.29, 1.82) is 0 Å². The minimum atomic E-state index is 0.0165. The molecule has 0 aromatic heterocycles. The fourth-order valence-corrected chi connectivity index (χ4v) is 2.33. The normalized spacial score (nSPS) is 13.9. The predicted molar refractivity (Wildman–Crippen MR) is 82.8 cm³/mol. The predicted octanol–water partition coefficient (Wildman–Crippen LogP) is 3.16. The van der Waals surface area contributed by atoms with Gasteiger partial charge in [0, 0.05) is 19.2 Å². The number of anilines is 2. The van der Waals surface area contributed by atoms with Crippen molar-refractivity contribution in [2.45, 2.75) is 0 Å². The maximum atomic E-state index is 12.3. The van der Waals surface area contributed by atoms with Crippen LogP contribution in [0.15, 0.2) is 60.7 Å². The summed E-state index contributed by atoms with van der Waals surface area (Å²) in [6.45, 7) is 1.47. The van der Waals surface area contributed by atoms with E-state index in [1.807, 2.05) is 65.6 Å². The minimum absolute atomic E-state index is 0.0165. The third kappa shape index (κ3) is 2.57. The van der Waals surface area contributed by atoms with Crippen molar-refractivity contribution in [2.75, 3.05) is 23.3 Å². The summed E-state index contributed by atoms with van der Waals surface area (Å²) in [7, 11) is 0. The molecular weight excluding hydrogens is 248 g/mol. The van der Waals surface area contributed by atoms with Gasteiger partial charge in [-0.05, 0) is 23.8 Å². The molecule has 3 rings (SSSR count). The van der Waals surface area contributed by atoms with Gasteiger partial charge in [0.1, 0.15) is 0 Å². The second kappa shape index (κ2) is 5.61. The van der Waals surface area contributed by atoms with Crippen LogP contribution >= 0.6 is 0 Å². The molecule has 1 amide bonds. The second-order valence-electron chi connectivity index (χ2n) is 4.68. The van der Waals surface area contributed by atoms with Gasteiger partial charge in [-0.25, -0.2) is 0 Å². The van der Waals surface area contributed by atoms with Gasteiger partial charge in [-0.15, -0.1) is 0 Å². The van der Waals surface area contributed by atoms with Crippen molar-refractivity contribution >= 4 is 23.4 Å². The quantitative estimate of drug-likeness (QED) is 0.845. The zero-order valence-corrected chi connectivity index (χ0v) is 11.1. The Hall–Kier alpha value is -2.55. The summed E-state index contributed by atoms with van der Waals surface area (Å²) in [6, 6.07) is 17.7. The highest BCUT2D eigenvalue weighted by Crippen LogP contribution is 2.28. The van der Waals surface area contributed by atoms with Gasteiger partial charge in [0.15, 0.2) is 0 Å². The lowest BCUT2D eigenvalue weighted by molar-refractivity contribution is -0.114. The zero-order valence-electron chi connectivity index (χ0n) is 11.1. The smallest absolute Gasteiger partial charge is 0.251 e. The van der Waals surface area contributed by atoms with Crippen LogP contribution in [-0.4, -0.2) is 19.0 Å². The Balaban J connectivity index is 1.80. The molecule has 2 aromatic carbocycles. The standard InChI is InChI=1S/C17H16N2O/c20-17(11-10-14-6-2-1-3-7-14)19-13-12-18-15-8-4-5-9-16(15)19/h1-11,18H,12-13H2/b11-10-. The molecule has 20 heavy (non-hydrogen) atoms. The largest absolute Gasteiger partial charge is 0.382 e. The number of para-hydroxylation sites is 2.